The maximum Gasteiger partial charge on any atom is 0.325 e. The van der Waals surface area contributed by atoms with Crippen molar-refractivity contribution >= 4 is 11.9 Å². The number of hydrogen-bond acceptors (Lipinski definition) is 4. The summed E-state index contributed by atoms with van der Waals surface area (Å²) in [7, 11) is 2.95. The summed E-state index contributed by atoms with van der Waals surface area (Å²) in [5.41, 5.74) is 5.63. The van der Waals surface area contributed by atoms with E-state index in [1.807, 2.05) is 0 Å². The van der Waals surface area contributed by atoms with E-state index >= 15 is 0 Å². The van der Waals surface area contributed by atoms with Crippen molar-refractivity contribution in [3.8, 4) is 0 Å². The Kier molecular flexibility index (Phi) is 4.73. The maximum atomic E-state index is 12.0. The van der Waals surface area contributed by atoms with Gasteiger partial charge < -0.3 is 15.4 Å². The Morgan fingerprint density at radius 2 is 2.12 bits per heavy atom. The molecule has 0 aromatic rings. The van der Waals surface area contributed by atoms with Gasteiger partial charge in [-0.3, -0.25) is 9.59 Å². The average molecular weight is 228 g/mol. The lowest BCUT2D eigenvalue weighted by molar-refractivity contribution is -0.147. The van der Waals surface area contributed by atoms with Crippen molar-refractivity contribution in [2.45, 2.75) is 19.3 Å². The van der Waals surface area contributed by atoms with E-state index < -0.39 is 5.97 Å². The molecule has 0 spiro atoms. The largest absolute Gasteiger partial charge is 0.468 e. The molecule has 0 aromatic heterocycles. The summed E-state index contributed by atoms with van der Waals surface area (Å²) in [6.07, 6.45) is 2.94. The third-order valence-corrected chi connectivity index (χ3v) is 3.25. The molecule has 0 radical (unpaired) electrons. The van der Waals surface area contributed by atoms with Crippen LogP contribution in [0.5, 0.6) is 0 Å². The molecule has 1 aliphatic rings. The number of methoxy groups -OCH3 is 1. The molecule has 0 aliphatic heterocycles. The molecule has 16 heavy (non-hydrogen) atoms. The molecule has 2 N–H and O–H groups in total. The van der Waals surface area contributed by atoms with Crippen molar-refractivity contribution < 1.29 is 14.3 Å². The summed E-state index contributed by atoms with van der Waals surface area (Å²) in [5.74, 6) is -0.122. The minimum Gasteiger partial charge on any atom is -0.468 e. The minimum absolute atomic E-state index is 0.0124. The van der Waals surface area contributed by atoms with Gasteiger partial charge in [-0.2, -0.15) is 0 Å². The van der Waals surface area contributed by atoms with Gasteiger partial charge in [0.05, 0.1) is 7.11 Å². The average Bonchev–Trinajstić information content (AvgIpc) is 2.75. The third kappa shape index (κ3) is 2.95. The summed E-state index contributed by atoms with van der Waals surface area (Å²) in [6, 6.07) is 0. The number of nitrogens with two attached hydrogens (primary N) is 1. The van der Waals surface area contributed by atoms with Gasteiger partial charge in [0.15, 0.2) is 0 Å². The number of hydrogen-bond donors (Lipinski definition) is 1. The normalized spacial score (nSPS) is 24.2. The van der Waals surface area contributed by atoms with Gasteiger partial charge in [-0.1, -0.05) is 6.42 Å². The van der Waals surface area contributed by atoms with Crippen LogP contribution in [0.25, 0.3) is 0 Å². The van der Waals surface area contributed by atoms with E-state index in [9.17, 15) is 9.59 Å². The van der Waals surface area contributed by atoms with Gasteiger partial charge in [-0.05, 0) is 25.3 Å². The van der Waals surface area contributed by atoms with Crippen LogP contribution in [0.4, 0.5) is 0 Å². The fourth-order valence-electron chi connectivity index (χ4n) is 2.26. The van der Waals surface area contributed by atoms with Crippen molar-refractivity contribution in [1.29, 1.82) is 0 Å². The number of likely N-dealkylation sites (N-methyl/N-ethyl adjacent to an activating group) is 1. The first-order valence-electron chi connectivity index (χ1n) is 5.62. The Hall–Kier alpha value is -1.10. The van der Waals surface area contributed by atoms with Crippen LogP contribution in [0.15, 0.2) is 0 Å². The molecule has 5 nitrogen and oxygen atoms in total. The maximum absolute atomic E-state index is 12.0. The van der Waals surface area contributed by atoms with Crippen LogP contribution in [0.3, 0.4) is 0 Å². The van der Waals surface area contributed by atoms with Crippen LogP contribution >= 0.6 is 0 Å². The van der Waals surface area contributed by atoms with E-state index in [-0.39, 0.29) is 24.3 Å². The third-order valence-electron chi connectivity index (χ3n) is 3.25. The van der Waals surface area contributed by atoms with Crippen LogP contribution in [-0.2, 0) is 14.3 Å². The van der Waals surface area contributed by atoms with Gasteiger partial charge in [0.1, 0.15) is 6.54 Å². The van der Waals surface area contributed by atoms with Crippen LogP contribution in [0, 0.1) is 11.8 Å². The highest BCUT2D eigenvalue weighted by molar-refractivity contribution is 5.83. The molecule has 0 aromatic carbocycles. The highest BCUT2D eigenvalue weighted by Gasteiger charge is 2.34. The van der Waals surface area contributed by atoms with Crippen molar-refractivity contribution in [2.75, 3.05) is 27.2 Å². The first-order valence-corrected chi connectivity index (χ1v) is 5.62. The van der Waals surface area contributed by atoms with E-state index in [1.54, 1.807) is 7.05 Å². The summed E-state index contributed by atoms with van der Waals surface area (Å²) in [4.78, 5) is 24.5. The Labute approximate surface area is 95.9 Å². The molecule has 2 atom stereocenters. The fraction of sp³-hybridized carbons (Fsp3) is 0.818. The van der Waals surface area contributed by atoms with Crippen molar-refractivity contribution in [3.63, 3.8) is 0 Å². The zero-order valence-corrected chi connectivity index (χ0v) is 9.94. The van der Waals surface area contributed by atoms with Gasteiger partial charge in [0.25, 0.3) is 0 Å². The quantitative estimate of drug-likeness (QED) is 0.687. The Morgan fingerprint density at radius 3 is 2.69 bits per heavy atom. The summed E-state index contributed by atoms with van der Waals surface area (Å²) >= 11 is 0. The summed E-state index contributed by atoms with van der Waals surface area (Å²) in [5, 5.41) is 0. The predicted octanol–water partition coefficient (Wildman–Crippen LogP) is -0.00720. The van der Waals surface area contributed by atoms with E-state index in [4.69, 9.17) is 5.73 Å². The van der Waals surface area contributed by atoms with Gasteiger partial charge >= 0.3 is 5.97 Å². The number of ether oxygens (including phenoxy) is 1. The molecule has 1 amide bonds. The lowest BCUT2D eigenvalue weighted by Gasteiger charge is -2.23. The van der Waals surface area contributed by atoms with Gasteiger partial charge in [-0.25, -0.2) is 0 Å². The number of esters is 1. The molecule has 2 unspecified atom stereocenters. The molecule has 1 aliphatic carbocycles. The highest BCUT2D eigenvalue weighted by Crippen LogP contribution is 2.32. The smallest absolute Gasteiger partial charge is 0.325 e. The molecule has 1 rings (SSSR count). The second-order valence-electron chi connectivity index (χ2n) is 4.30. The molecule has 5 heteroatoms. The Morgan fingerprint density at radius 1 is 1.44 bits per heavy atom. The standard InChI is InChI=1S/C11H20N2O3/c1-13(7-10(14)16-2)11(15)9-5-3-4-8(9)6-12/h8-9H,3-7,12H2,1-2H3. The van der Waals surface area contributed by atoms with Crippen LogP contribution < -0.4 is 5.73 Å². The lowest BCUT2D eigenvalue weighted by atomic mass is 9.95. The second kappa shape index (κ2) is 5.84. The number of amides is 1. The van der Waals surface area contributed by atoms with Crippen molar-refractivity contribution in [1.82, 2.24) is 4.90 Å². The topological polar surface area (TPSA) is 72.6 Å². The summed E-state index contributed by atoms with van der Waals surface area (Å²) < 4.78 is 4.53. The molecule has 1 fully saturated rings. The van der Waals surface area contributed by atoms with Crippen LogP contribution in [0.2, 0.25) is 0 Å². The van der Waals surface area contributed by atoms with Crippen molar-refractivity contribution in [2.24, 2.45) is 17.6 Å². The Bertz CT molecular complexity index is 268. The number of rotatable bonds is 4. The molecular formula is C11H20N2O3. The number of carbonyl (C=O) groups is 2. The summed E-state index contributed by atoms with van der Waals surface area (Å²) in [6.45, 7) is 0.561. The van der Waals surface area contributed by atoms with Gasteiger partial charge in [0, 0.05) is 13.0 Å². The number of carbonyl (C=O) groups excluding carboxylic acids is 2. The van der Waals surface area contributed by atoms with E-state index in [1.165, 1.54) is 12.0 Å². The Balaban J connectivity index is 2.52. The minimum atomic E-state index is -0.391. The van der Waals surface area contributed by atoms with E-state index in [0.717, 1.165) is 19.3 Å². The SMILES string of the molecule is COC(=O)CN(C)C(=O)C1CCCC1CN. The molecule has 0 saturated heterocycles. The van der Waals surface area contributed by atoms with Crippen LogP contribution in [0.1, 0.15) is 19.3 Å². The van der Waals surface area contributed by atoms with Crippen molar-refractivity contribution in [3.05, 3.63) is 0 Å². The lowest BCUT2D eigenvalue weighted by Crippen LogP contribution is -2.39. The monoisotopic (exact) mass is 228 g/mol. The molecule has 0 bridgehead atoms. The van der Waals surface area contributed by atoms with Gasteiger partial charge in [0.2, 0.25) is 5.91 Å². The number of nitrogens with zero attached hydrogens (tertiary/aromatic N) is 1. The predicted molar refractivity (Wildman–Crippen MR) is 59.5 cm³/mol. The molecule has 92 valence electrons. The second-order valence-corrected chi connectivity index (χ2v) is 4.30. The highest BCUT2D eigenvalue weighted by atomic mass is 16.5. The first-order chi connectivity index (χ1) is 7.60. The van der Waals surface area contributed by atoms with Gasteiger partial charge in [-0.15, -0.1) is 0 Å². The molecule has 1 saturated carbocycles. The zero-order chi connectivity index (χ0) is 12.1. The zero-order valence-electron chi connectivity index (χ0n) is 9.94. The molecular weight excluding hydrogens is 208 g/mol. The first kappa shape index (κ1) is 13.0. The molecule has 0 heterocycles. The van der Waals surface area contributed by atoms with E-state index in [2.05, 4.69) is 4.74 Å². The van der Waals surface area contributed by atoms with E-state index in [0.29, 0.717) is 6.54 Å². The fourth-order valence-corrected chi connectivity index (χ4v) is 2.26. The van der Waals surface area contributed by atoms with Crippen LogP contribution in [-0.4, -0.2) is 44.0 Å².